The highest BCUT2D eigenvalue weighted by molar-refractivity contribution is 9.10. The minimum Gasteiger partial charge on any atom is -0.495 e. The Morgan fingerprint density at radius 2 is 1.72 bits per heavy atom. The number of hydrogen-bond donors (Lipinski definition) is 0. The van der Waals surface area contributed by atoms with Gasteiger partial charge in [0.05, 0.1) is 14.2 Å². The monoisotopic (exact) mass is 378 g/mol. The van der Waals surface area contributed by atoms with Crippen LogP contribution in [0.4, 0.5) is 0 Å². The molecule has 0 aliphatic heterocycles. The van der Waals surface area contributed by atoms with Gasteiger partial charge in [0.15, 0.2) is 0 Å². The first-order valence-corrected chi connectivity index (χ1v) is 7.85. The summed E-state index contributed by atoms with van der Waals surface area (Å²) in [6.07, 6.45) is 2.28. The molecule has 0 spiro atoms. The summed E-state index contributed by atoms with van der Waals surface area (Å²) in [6.45, 7) is 4.43. The van der Waals surface area contributed by atoms with Crippen LogP contribution in [0.5, 0.6) is 11.5 Å². The molecule has 0 radical (unpaired) electrons. The number of rotatable bonds is 6. The average Bonchev–Trinajstić information content (AvgIpc) is 2.39. The predicted octanol–water partition coefficient (Wildman–Crippen LogP) is 5.34. The summed E-state index contributed by atoms with van der Waals surface area (Å²) in [7, 11) is 3.35. The molecule has 1 rings (SSSR count). The van der Waals surface area contributed by atoms with Gasteiger partial charge in [-0.15, -0.1) is 0 Å². The largest absolute Gasteiger partial charge is 0.495 e. The molecule has 4 heteroatoms. The van der Waals surface area contributed by atoms with Crippen LogP contribution in [0.1, 0.15) is 37.1 Å². The van der Waals surface area contributed by atoms with Crippen LogP contribution in [-0.4, -0.2) is 14.2 Å². The van der Waals surface area contributed by atoms with Crippen molar-refractivity contribution >= 4 is 31.9 Å². The number of alkyl halides is 1. The second-order valence-electron chi connectivity index (χ2n) is 4.18. The highest BCUT2D eigenvalue weighted by Crippen LogP contribution is 2.45. The Kier molecular flexibility index (Phi) is 6.50. The van der Waals surface area contributed by atoms with Crippen molar-refractivity contribution in [2.75, 3.05) is 14.2 Å². The summed E-state index contributed by atoms with van der Waals surface area (Å²) >= 11 is 7.35. The zero-order chi connectivity index (χ0) is 13.7. The van der Waals surface area contributed by atoms with E-state index in [1.165, 1.54) is 5.56 Å². The maximum Gasteiger partial charge on any atom is 0.141 e. The van der Waals surface area contributed by atoms with E-state index in [0.717, 1.165) is 28.8 Å². The normalized spacial score (nSPS) is 12.6. The topological polar surface area (TPSA) is 18.5 Å². The van der Waals surface area contributed by atoms with Crippen molar-refractivity contribution in [3.8, 4) is 11.5 Å². The van der Waals surface area contributed by atoms with Crippen LogP contribution in [0, 0.1) is 5.92 Å². The van der Waals surface area contributed by atoms with E-state index in [2.05, 4.69) is 51.8 Å². The molecule has 0 amide bonds. The van der Waals surface area contributed by atoms with E-state index < -0.39 is 0 Å². The van der Waals surface area contributed by atoms with Crippen molar-refractivity contribution < 1.29 is 9.47 Å². The quantitative estimate of drug-likeness (QED) is 0.621. The number of benzene rings is 1. The van der Waals surface area contributed by atoms with Crippen LogP contribution >= 0.6 is 31.9 Å². The Morgan fingerprint density at radius 3 is 2.17 bits per heavy atom. The van der Waals surface area contributed by atoms with E-state index in [0.29, 0.717) is 10.7 Å². The molecule has 1 aromatic rings. The zero-order valence-corrected chi connectivity index (χ0v) is 14.5. The van der Waals surface area contributed by atoms with Crippen molar-refractivity contribution in [2.24, 2.45) is 5.92 Å². The van der Waals surface area contributed by atoms with Crippen molar-refractivity contribution in [3.05, 3.63) is 22.2 Å². The molecule has 0 heterocycles. The third-order valence-electron chi connectivity index (χ3n) is 3.28. The summed E-state index contributed by atoms with van der Waals surface area (Å²) in [4.78, 5) is 0.296. The Bertz CT molecular complexity index is 390. The second kappa shape index (κ2) is 7.39. The SMILES string of the molecule is CCC(CC)C(Br)c1ccc(OC)c(Br)c1OC. The molecule has 0 fully saturated rings. The van der Waals surface area contributed by atoms with Gasteiger partial charge >= 0.3 is 0 Å². The van der Waals surface area contributed by atoms with Gasteiger partial charge in [0, 0.05) is 10.4 Å². The van der Waals surface area contributed by atoms with Crippen LogP contribution in [-0.2, 0) is 0 Å². The molecule has 0 aromatic heterocycles. The number of ether oxygens (including phenoxy) is 2. The van der Waals surface area contributed by atoms with Gasteiger partial charge in [-0.1, -0.05) is 48.7 Å². The smallest absolute Gasteiger partial charge is 0.141 e. The fourth-order valence-electron chi connectivity index (χ4n) is 2.09. The fraction of sp³-hybridized carbons (Fsp3) is 0.571. The van der Waals surface area contributed by atoms with Crippen molar-refractivity contribution in [1.29, 1.82) is 0 Å². The average molecular weight is 380 g/mol. The molecule has 0 N–H and O–H groups in total. The van der Waals surface area contributed by atoms with Gasteiger partial charge in [-0.25, -0.2) is 0 Å². The summed E-state index contributed by atoms with van der Waals surface area (Å²) in [6, 6.07) is 4.04. The summed E-state index contributed by atoms with van der Waals surface area (Å²) < 4.78 is 11.7. The molecule has 1 aromatic carbocycles. The van der Waals surface area contributed by atoms with Gasteiger partial charge < -0.3 is 9.47 Å². The van der Waals surface area contributed by atoms with Gasteiger partial charge in [0.25, 0.3) is 0 Å². The minimum atomic E-state index is 0.296. The summed E-state index contributed by atoms with van der Waals surface area (Å²) in [5.74, 6) is 2.24. The highest BCUT2D eigenvalue weighted by Gasteiger charge is 2.23. The van der Waals surface area contributed by atoms with E-state index in [9.17, 15) is 0 Å². The fourth-order valence-corrected chi connectivity index (χ4v) is 3.88. The lowest BCUT2D eigenvalue weighted by molar-refractivity contribution is 0.381. The molecule has 2 nitrogen and oxygen atoms in total. The number of halogens is 2. The minimum absolute atomic E-state index is 0.296. The van der Waals surface area contributed by atoms with Crippen LogP contribution in [0.2, 0.25) is 0 Å². The lowest BCUT2D eigenvalue weighted by Crippen LogP contribution is -2.07. The summed E-state index contributed by atoms with van der Waals surface area (Å²) in [5.41, 5.74) is 1.17. The van der Waals surface area contributed by atoms with E-state index in [4.69, 9.17) is 9.47 Å². The van der Waals surface area contributed by atoms with Gasteiger partial charge in [-0.05, 0) is 27.9 Å². The molecule has 0 saturated heterocycles. The molecule has 1 atom stereocenters. The van der Waals surface area contributed by atoms with Crippen molar-refractivity contribution in [2.45, 2.75) is 31.5 Å². The number of methoxy groups -OCH3 is 2. The van der Waals surface area contributed by atoms with E-state index in [1.807, 2.05) is 6.07 Å². The molecule has 0 aliphatic rings. The first-order valence-electron chi connectivity index (χ1n) is 6.15. The second-order valence-corrected chi connectivity index (χ2v) is 5.96. The zero-order valence-electron chi connectivity index (χ0n) is 11.3. The Labute approximate surface area is 126 Å². The first kappa shape index (κ1) is 15.8. The lowest BCUT2D eigenvalue weighted by Gasteiger charge is -2.23. The molecule has 0 bridgehead atoms. The molecule has 0 aliphatic carbocycles. The molecule has 0 saturated carbocycles. The Hall–Kier alpha value is -0.220. The van der Waals surface area contributed by atoms with Crippen LogP contribution < -0.4 is 9.47 Å². The van der Waals surface area contributed by atoms with Gasteiger partial charge in [0.2, 0.25) is 0 Å². The maximum absolute atomic E-state index is 5.52. The standard InChI is InChI=1S/C14H20Br2O2/c1-5-9(6-2)12(15)10-7-8-11(17-3)13(16)14(10)18-4/h7-9,12H,5-6H2,1-4H3. The van der Waals surface area contributed by atoms with Crippen molar-refractivity contribution in [3.63, 3.8) is 0 Å². The van der Waals surface area contributed by atoms with Gasteiger partial charge in [-0.2, -0.15) is 0 Å². The van der Waals surface area contributed by atoms with Crippen LogP contribution in [0.25, 0.3) is 0 Å². The van der Waals surface area contributed by atoms with Crippen LogP contribution in [0.15, 0.2) is 16.6 Å². The predicted molar refractivity (Wildman–Crippen MR) is 83.0 cm³/mol. The molecule has 102 valence electrons. The van der Waals surface area contributed by atoms with Gasteiger partial charge in [0.1, 0.15) is 16.0 Å². The molecule has 18 heavy (non-hydrogen) atoms. The van der Waals surface area contributed by atoms with Crippen molar-refractivity contribution in [1.82, 2.24) is 0 Å². The third kappa shape index (κ3) is 3.21. The molecule has 1 unspecified atom stereocenters. The van der Waals surface area contributed by atoms with E-state index in [-0.39, 0.29) is 0 Å². The highest BCUT2D eigenvalue weighted by atomic mass is 79.9. The molecular weight excluding hydrogens is 360 g/mol. The lowest BCUT2D eigenvalue weighted by atomic mass is 9.94. The number of hydrogen-bond acceptors (Lipinski definition) is 2. The molecular formula is C14H20Br2O2. The first-order chi connectivity index (χ1) is 8.60. The third-order valence-corrected chi connectivity index (χ3v) is 5.27. The Balaban J connectivity index is 3.20. The van der Waals surface area contributed by atoms with Gasteiger partial charge in [-0.3, -0.25) is 0 Å². The Morgan fingerprint density at radius 1 is 1.11 bits per heavy atom. The van der Waals surface area contributed by atoms with Crippen LogP contribution in [0.3, 0.4) is 0 Å². The maximum atomic E-state index is 5.52. The van der Waals surface area contributed by atoms with E-state index in [1.54, 1.807) is 14.2 Å². The van der Waals surface area contributed by atoms with E-state index >= 15 is 0 Å². The summed E-state index contributed by atoms with van der Waals surface area (Å²) in [5, 5.41) is 0.